The van der Waals surface area contributed by atoms with Crippen molar-refractivity contribution in [2.75, 3.05) is 13.2 Å². The molecular weight excluding hydrogens is 441 g/mol. The smallest absolute Gasteiger partial charge is 0.285 e. The van der Waals surface area contributed by atoms with Crippen molar-refractivity contribution in [1.29, 1.82) is 10.8 Å². The number of nitrogens with one attached hydrogen (secondary N) is 2. The van der Waals surface area contributed by atoms with E-state index in [9.17, 15) is 8.78 Å². The number of pyridine rings is 1. The minimum atomic E-state index is -2.96. The lowest BCUT2D eigenvalue weighted by Gasteiger charge is -2.24. The number of hydrogen-bond donors (Lipinski definition) is 2. The highest BCUT2D eigenvalue weighted by molar-refractivity contribution is 8.26. The fraction of sp³-hybridized carbons (Fsp3) is 0.400. The summed E-state index contributed by atoms with van der Waals surface area (Å²) >= 11 is 6.58. The third-order valence-electron chi connectivity index (χ3n) is 3.80. The van der Waals surface area contributed by atoms with E-state index in [0.29, 0.717) is 41.1 Å². The number of thioether (sulfide) groups is 1. The molecule has 2 aromatic heterocycles. The average Bonchev–Trinajstić information content (AvgIpc) is 2.99. The summed E-state index contributed by atoms with van der Waals surface area (Å²) in [6, 6.07) is 1.72. The van der Waals surface area contributed by atoms with Crippen molar-refractivity contribution in [2.24, 2.45) is 0 Å². The van der Waals surface area contributed by atoms with Gasteiger partial charge in [-0.25, -0.2) is 13.8 Å². The molecule has 0 radical (unpaired) electrons. The number of nitrogens with zero attached hydrogens (tertiary/aromatic N) is 2. The Morgan fingerprint density at radius 3 is 2.70 bits per heavy atom. The van der Waals surface area contributed by atoms with Crippen LogP contribution in [0, 0.1) is 10.8 Å². The highest BCUT2D eigenvalue weighted by atomic mass is 35.7. The second-order valence-corrected chi connectivity index (χ2v) is 8.09. The number of ether oxygens (including phenoxy) is 2. The molecule has 3 heterocycles. The summed E-state index contributed by atoms with van der Waals surface area (Å²) in [4.78, 5) is 4.73. The fourth-order valence-electron chi connectivity index (χ4n) is 2.58. The first kappa shape index (κ1) is 20.7. The number of aromatic nitrogens is 2. The molecule has 3 rings (SSSR count). The fourth-order valence-corrected chi connectivity index (χ4v) is 3.94. The van der Waals surface area contributed by atoms with E-state index in [0.717, 1.165) is 23.8 Å². The van der Waals surface area contributed by atoms with E-state index in [1.54, 1.807) is 12.3 Å². The number of imidazole rings is 1. The zero-order chi connectivity index (χ0) is 19.6. The van der Waals surface area contributed by atoms with Gasteiger partial charge < -0.3 is 9.47 Å². The van der Waals surface area contributed by atoms with Crippen molar-refractivity contribution in [2.45, 2.75) is 30.3 Å². The first-order chi connectivity index (χ1) is 12.9. The Kier molecular flexibility index (Phi) is 6.85. The van der Waals surface area contributed by atoms with Gasteiger partial charge in [-0.1, -0.05) is 11.6 Å². The molecule has 27 heavy (non-hydrogen) atoms. The van der Waals surface area contributed by atoms with Crippen LogP contribution < -0.4 is 4.74 Å². The molecule has 1 aliphatic heterocycles. The molecule has 1 saturated heterocycles. The number of hydrogen-bond acceptors (Lipinski definition) is 7. The van der Waals surface area contributed by atoms with E-state index in [1.807, 2.05) is 0 Å². The predicted molar refractivity (Wildman–Crippen MR) is 105 cm³/mol. The van der Waals surface area contributed by atoms with Crippen LogP contribution in [0.4, 0.5) is 8.78 Å². The van der Waals surface area contributed by atoms with Crippen LogP contribution in [0.15, 0.2) is 17.2 Å². The largest absolute Gasteiger partial charge is 0.488 e. The van der Waals surface area contributed by atoms with Gasteiger partial charge in [-0.2, -0.15) is 0 Å². The molecule has 0 aromatic carbocycles. The van der Waals surface area contributed by atoms with Gasteiger partial charge in [-0.3, -0.25) is 15.2 Å². The Hall–Kier alpha value is -1.07. The Morgan fingerprint density at radius 2 is 2.07 bits per heavy atom. The highest BCUT2D eigenvalue weighted by Gasteiger charge is 2.24. The van der Waals surface area contributed by atoms with E-state index in [2.05, 4.69) is 4.98 Å². The van der Waals surface area contributed by atoms with Crippen LogP contribution >= 0.6 is 45.0 Å². The number of rotatable bonds is 5. The van der Waals surface area contributed by atoms with Crippen molar-refractivity contribution >= 4 is 60.6 Å². The maximum absolute atomic E-state index is 12.6. The van der Waals surface area contributed by atoms with Crippen LogP contribution in [0.2, 0.25) is 5.15 Å². The van der Waals surface area contributed by atoms with Crippen LogP contribution in [-0.4, -0.2) is 45.2 Å². The van der Waals surface area contributed by atoms with Gasteiger partial charge in [0, 0.05) is 23.9 Å². The molecule has 0 saturated carbocycles. The van der Waals surface area contributed by atoms with Crippen molar-refractivity contribution in [3.63, 3.8) is 0 Å². The van der Waals surface area contributed by atoms with Gasteiger partial charge in [0.2, 0.25) is 0 Å². The van der Waals surface area contributed by atoms with Crippen LogP contribution in [0.25, 0.3) is 5.52 Å². The molecule has 1 aliphatic rings. The number of alkyl halides is 2. The minimum Gasteiger partial charge on any atom is -0.488 e. The van der Waals surface area contributed by atoms with Crippen molar-refractivity contribution < 1.29 is 18.3 Å². The highest BCUT2D eigenvalue weighted by Crippen LogP contribution is 2.36. The van der Waals surface area contributed by atoms with Crippen LogP contribution in [0.5, 0.6) is 5.75 Å². The lowest BCUT2D eigenvalue weighted by Crippen LogP contribution is -2.26. The van der Waals surface area contributed by atoms with E-state index >= 15 is 0 Å². The lowest BCUT2D eigenvalue weighted by atomic mass is 10.1. The van der Waals surface area contributed by atoms with Gasteiger partial charge in [-0.05, 0) is 39.5 Å². The summed E-state index contributed by atoms with van der Waals surface area (Å²) in [5, 5.41) is 14.1. The molecule has 1 fully saturated rings. The summed E-state index contributed by atoms with van der Waals surface area (Å²) in [6.45, 7) is 1.19. The van der Waals surface area contributed by atoms with Gasteiger partial charge in [0.15, 0.2) is 11.0 Å². The Bertz CT molecular complexity index is 875. The van der Waals surface area contributed by atoms with Crippen molar-refractivity contribution in [3.8, 4) is 5.75 Å². The normalized spacial score (nSPS) is 15.4. The third-order valence-corrected chi connectivity index (χ3v) is 5.78. The summed E-state index contributed by atoms with van der Waals surface area (Å²) < 4.78 is 38.1. The molecule has 146 valence electrons. The molecule has 6 nitrogen and oxygen atoms in total. The predicted octanol–water partition coefficient (Wildman–Crippen LogP) is 5.09. The van der Waals surface area contributed by atoms with Gasteiger partial charge in [-0.15, -0.1) is 0 Å². The Balaban J connectivity index is 2.00. The van der Waals surface area contributed by atoms with E-state index in [1.165, 1.54) is 4.40 Å². The quantitative estimate of drug-likeness (QED) is 0.485. The molecule has 2 aromatic rings. The van der Waals surface area contributed by atoms with Gasteiger partial charge in [0.1, 0.15) is 27.5 Å². The molecular formula is C15H14Cl2F2N4O2S2. The van der Waals surface area contributed by atoms with Crippen molar-refractivity contribution in [1.82, 2.24) is 9.38 Å². The summed E-state index contributed by atoms with van der Waals surface area (Å²) in [7, 11) is 6.83. The van der Waals surface area contributed by atoms with Crippen LogP contribution in [-0.2, 0) is 4.74 Å². The zero-order valence-electron chi connectivity index (χ0n) is 13.7. The van der Waals surface area contributed by atoms with Gasteiger partial charge in [0.05, 0.1) is 13.2 Å². The SMILES string of the molecule is N=C(SC(=N)C(F)F)c1nc(Cl)c2c(OC3CCOCC3)cc(SCl)cn12. The zero-order valence-corrected chi connectivity index (χ0v) is 16.8. The second-order valence-electron chi connectivity index (χ2n) is 5.59. The Morgan fingerprint density at radius 1 is 1.37 bits per heavy atom. The first-order valence-corrected chi connectivity index (χ1v) is 10.6. The standard InChI is InChI=1S/C15H14Cl2F2N4O2S2/c16-11-10-9(25-7-1-3-24-4-2-7)5-8(27-17)6-23(10)15(22-11)14(21)26-13(20)12(18)19/h5-7,12,20-21H,1-4H2. The summed E-state index contributed by atoms with van der Waals surface area (Å²) in [5.74, 6) is 0.479. The molecule has 2 N–H and O–H groups in total. The monoisotopic (exact) mass is 454 g/mol. The maximum atomic E-state index is 12.6. The van der Waals surface area contributed by atoms with E-state index in [4.69, 9.17) is 42.6 Å². The molecule has 0 spiro atoms. The first-order valence-electron chi connectivity index (χ1n) is 7.78. The number of halogens is 4. The minimum absolute atomic E-state index is 0.0368. The molecule has 0 unspecified atom stereocenters. The van der Waals surface area contributed by atoms with Crippen LogP contribution in [0.1, 0.15) is 18.7 Å². The summed E-state index contributed by atoms with van der Waals surface area (Å²) in [5.41, 5.74) is 0.418. The second kappa shape index (κ2) is 8.95. The van der Waals surface area contributed by atoms with E-state index in [-0.39, 0.29) is 22.1 Å². The Labute approximate surface area is 171 Å². The lowest BCUT2D eigenvalue weighted by molar-refractivity contribution is 0.0259. The molecule has 0 aliphatic carbocycles. The van der Waals surface area contributed by atoms with Gasteiger partial charge in [0.25, 0.3) is 6.43 Å². The number of fused-ring (bicyclic) bond motifs is 1. The third kappa shape index (κ3) is 4.68. The average molecular weight is 455 g/mol. The summed E-state index contributed by atoms with van der Waals surface area (Å²) in [6.07, 6.45) is 0.0198. The molecule has 0 amide bonds. The molecule has 0 bridgehead atoms. The van der Waals surface area contributed by atoms with Crippen LogP contribution in [0.3, 0.4) is 0 Å². The van der Waals surface area contributed by atoms with Crippen molar-refractivity contribution in [3.05, 3.63) is 23.2 Å². The molecule has 12 heteroatoms. The van der Waals surface area contributed by atoms with E-state index < -0.39 is 11.5 Å². The van der Waals surface area contributed by atoms with Gasteiger partial charge >= 0.3 is 0 Å². The maximum Gasteiger partial charge on any atom is 0.285 e. The molecule has 0 atom stereocenters. The topological polar surface area (TPSA) is 83.5 Å².